The third kappa shape index (κ3) is 6.23. The van der Waals surface area contributed by atoms with Crippen LogP contribution in [0.4, 0.5) is 0 Å². The van der Waals surface area contributed by atoms with Crippen LogP contribution in [0.3, 0.4) is 0 Å². The lowest BCUT2D eigenvalue weighted by Gasteiger charge is -2.21. The summed E-state index contributed by atoms with van der Waals surface area (Å²) in [6.45, 7) is 4.78. The van der Waals surface area contributed by atoms with Gasteiger partial charge in [0.2, 0.25) is 0 Å². The highest BCUT2D eigenvalue weighted by Gasteiger charge is 2.36. The molecule has 3 aromatic heterocycles. The molecule has 0 N–H and O–H groups in total. The van der Waals surface area contributed by atoms with Crippen molar-refractivity contribution in [2.24, 2.45) is 0 Å². The number of nitrogens with zero attached hydrogens (tertiary/aromatic N) is 2. The predicted octanol–water partition coefficient (Wildman–Crippen LogP) is 18.6. The summed E-state index contributed by atoms with van der Waals surface area (Å²) in [5, 5.41) is 7.28. The molecule has 3 nitrogen and oxygen atoms in total. The fourth-order valence-electron chi connectivity index (χ4n) is 12.7. The Morgan fingerprint density at radius 3 is 2.03 bits per heavy atom. The normalized spacial score (nSPS) is 16.1. The van der Waals surface area contributed by atoms with Crippen molar-refractivity contribution in [3.63, 3.8) is 0 Å². The molecule has 0 saturated heterocycles. The molecule has 9 aromatic carbocycles. The first kappa shape index (κ1) is 41.2. The van der Waals surface area contributed by atoms with Gasteiger partial charge in [-0.05, 0) is 171 Å². The van der Waals surface area contributed by atoms with Crippen molar-refractivity contribution in [3.8, 4) is 33.6 Å². The highest BCUT2D eigenvalue weighted by atomic mass is 16.3. The molecule has 1 atom stereocenters. The first-order valence-corrected chi connectivity index (χ1v) is 25.6. The van der Waals surface area contributed by atoms with Crippen LogP contribution in [-0.2, 0) is 5.41 Å². The van der Waals surface area contributed by atoms with Crippen molar-refractivity contribution in [2.45, 2.75) is 44.4 Å². The van der Waals surface area contributed by atoms with Crippen molar-refractivity contribution in [1.82, 2.24) is 9.13 Å². The largest absolute Gasteiger partial charge is 0.456 e. The Kier molecular flexibility index (Phi) is 8.96. The quantitative estimate of drug-likeness (QED) is 0.163. The molecule has 3 heterocycles. The zero-order chi connectivity index (χ0) is 47.7. The molecule has 0 amide bonds. The molecule has 3 heteroatoms. The molecule has 0 saturated carbocycles. The predicted molar refractivity (Wildman–Crippen MR) is 303 cm³/mol. The summed E-state index contributed by atoms with van der Waals surface area (Å²) < 4.78 is 11.2. The van der Waals surface area contributed by atoms with E-state index >= 15 is 0 Å². The van der Waals surface area contributed by atoms with Crippen LogP contribution in [0.2, 0.25) is 0 Å². The molecule has 72 heavy (non-hydrogen) atoms. The van der Waals surface area contributed by atoms with Crippen LogP contribution in [0.1, 0.15) is 66.8 Å². The number of para-hydroxylation sites is 2. The zero-order valence-electron chi connectivity index (χ0n) is 40.4. The number of fused-ring (bicyclic) bond motifs is 12. The molecule has 342 valence electrons. The average molecular weight is 923 g/mol. The Morgan fingerprint density at radius 1 is 0.472 bits per heavy atom. The van der Waals surface area contributed by atoms with Gasteiger partial charge in [0.15, 0.2) is 0 Å². The van der Waals surface area contributed by atoms with Crippen LogP contribution in [0.5, 0.6) is 0 Å². The van der Waals surface area contributed by atoms with Crippen molar-refractivity contribution in [1.29, 1.82) is 0 Å². The van der Waals surface area contributed by atoms with E-state index < -0.39 is 0 Å². The third-order valence-electron chi connectivity index (χ3n) is 16.3. The van der Waals surface area contributed by atoms with Gasteiger partial charge < -0.3 is 13.6 Å². The lowest BCUT2D eigenvalue weighted by molar-refractivity contribution is 0.661. The smallest absolute Gasteiger partial charge is 0.135 e. The summed E-state index contributed by atoms with van der Waals surface area (Å²) in [7, 11) is 0. The van der Waals surface area contributed by atoms with Crippen LogP contribution in [0.15, 0.2) is 229 Å². The summed E-state index contributed by atoms with van der Waals surface area (Å²) in [6.07, 6.45) is 17.2. The fraction of sp³-hybridized carbons (Fsp3) is 0.101. The molecule has 3 aliphatic carbocycles. The summed E-state index contributed by atoms with van der Waals surface area (Å²) in [5.74, 6) is 0.223. The first-order valence-electron chi connectivity index (χ1n) is 25.6. The van der Waals surface area contributed by atoms with E-state index in [-0.39, 0.29) is 11.3 Å². The van der Waals surface area contributed by atoms with E-state index in [0.29, 0.717) is 0 Å². The van der Waals surface area contributed by atoms with Crippen LogP contribution < -0.4 is 0 Å². The summed E-state index contributed by atoms with van der Waals surface area (Å²) in [5.41, 5.74) is 23.3. The second-order valence-electron chi connectivity index (χ2n) is 20.7. The Morgan fingerprint density at radius 2 is 1.15 bits per heavy atom. The van der Waals surface area contributed by atoms with Crippen LogP contribution in [-0.4, -0.2) is 9.13 Å². The van der Waals surface area contributed by atoms with Gasteiger partial charge in [0.05, 0.1) is 22.1 Å². The van der Waals surface area contributed by atoms with Gasteiger partial charge in [-0.3, -0.25) is 0 Å². The molecule has 12 aromatic rings. The molecule has 0 bridgehead atoms. The number of hydrogen-bond acceptors (Lipinski definition) is 1. The zero-order valence-corrected chi connectivity index (χ0v) is 40.4. The molecule has 15 rings (SSSR count). The SMILES string of the molecule is CC1(C)c2ccccc2-c2cc3c4cc(C5C=CC=C(c6cc(C7=CCCC=C7)cc(-c7ccccc7)c6)C5)ccc4n(-c4ccc5c(c4)c4ccccc4n5-c4ccc5oc6ccccc6c5c4)c3cc21. The van der Waals surface area contributed by atoms with Crippen LogP contribution in [0, 0.1) is 0 Å². The van der Waals surface area contributed by atoms with E-state index in [1.54, 1.807) is 0 Å². The minimum absolute atomic E-state index is 0.136. The van der Waals surface area contributed by atoms with E-state index in [1.807, 2.05) is 6.07 Å². The molecule has 0 radical (unpaired) electrons. The van der Waals surface area contributed by atoms with E-state index in [0.717, 1.165) is 52.6 Å². The van der Waals surface area contributed by atoms with Gasteiger partial charge in [0.1, 0.15) is 11.2 Å². The number of allylic oxidation sites excluding steroid dienone is 8. The monoisotopic (exact) mass is 922 g/mol. The third-order valence-corrected chi connectivity index (χ3v) is 16.3. The van der Waals surface area contributed by atoms with Crippen molar-refractivity contribution in [3.05, 3.63) is 252 Å². The minimum atomic E-state index is -0.136. The molecule has 0 aliphatic heterocycles. The van der Waals surface area contributed by atoms with Gasteiger partial charge in [0, 0.05) is 55.0 Å². The molecule has 0 fully saturated rings. The number of rotatable bonds is 6. The highest BCUT2D eigenvalue weighted by molar-refractivity contribution is 6.14. The standard InChI is InChI=1S/C69H50N2O/c1-69(2)61-25-12-9-22-53(61)56-41-59-57-38-47(45-20-15-21-46(34-45)50-36-48(43-16-5-3-6-17-43)35-49(37-50)44-18-7-4-8-19-44)28-31-64(57)71(66(59)42-62(56)69)51-29-32-65-58(39-51)54-23-10-13-26-63(54)70(65)52-30-33-68-60(40-52)55-24-11-14-27-67(55)72-68/h3,5-7,9-33,35-42,45H,4,8,34H2,1-2H3. The van der Waals surface area contributed by atoms with Crippen LogP contribution >= 0.6 is 0 Å². The summed E-state index contributed by atoms with van der Waals surface area (Å²) >= 11 is 0. The topological polar surface area (TPSA) is 23.0 Å². The molecular weight excluding hydrogens is 873 g/mol. The lowest BCUT2D eigenvalue weighted by atomic mass is 9.82. The van der Waals surface area contributed by atoms with E-state index in [4.69, 9.17) is 4.42 Å². The number of benzene rings is 9. The number of furan rings is 1. The first-order chi connectivity index (χ1) is 35.4. The Balaban J connectivity index is 0.885. The Labute approximate surface area is 418 Å². The number of hydrogen-bond donors (Lipinski definition) is 0. The van der Waals surface area contributed by atoms with Gasteiger partial charge in [-0.2, -0.15) is 0 Å². The second-order valence-corrected chi connectivity index (χ2v) is 20.7. The second kappa shape index (κ2) is 15.7. The maximum Gasteiger partial charge on any atom is 0.135 e. The van der Waals surface area contributed by atoms with Gasteiger partial charge in [-0.25, -0.2) is 0 Å². The molecule has 1 unspecified atom stereocenters. The van der Waals surface area contributed by atoms with Crippen LogP contribution in [0.25, 0.3) is 110 Å². The fourth-order valence-corrected chi connectivity index (χ4v) is 12.7. The maximum atomic E-state index is 6.27. The minimum Gasteiger partial charge on any atom is -0.456 e. The van der Waals surface area contributed by atoms with E-state index in [2.05, 4.69) is 241 Å². The average Bonchev–Trinajstić information content (AvgIpc) is 4.15. The molecule has 0 spiro atoms. The van der Waals surface area contributed by atoms with Crippen molar-refractivity contribution >= 4 is 76.7 Å². The molecular formula is C69H50N2O. The summed E-state index contributed by atoms with van der Waals surface area (Å²) in [4.78, 5) is 0. The van der Waals surface area contributed by atoms with Gasteiger partial charge in [-0.1, -0.05) is 147 Å². The highest BCUT2D eigenvalue weighted by Crippen LogP contribution is 2.52. The Hall–Kier alpha value is -8.66. The van der Waals surface area contributed by atoms with E-state index in [1.165, 1.54) is 105 Å². The number of aromatic nitrogens is 2. The van der Waals surface area contributed by atoms with Gasteiger partial charge in [-0.15, -0.1) is 0 Å². The lowest BCUT2D eigenvalue weighted by Crippen LogP contribution is -2.14. The van der Waals surface area contributed by atoms with E-state index in [9.17, 15) is 0 Å². The van der Waals surface area contributed by atoms with Crippen molar-refractivity contribution in [2.75, 3.05) is 0 Å². The van der Waals surface area contributed by atoms with Gasteiger partial charge in [0.25, 0.3) is 0 Å². The Bertz CT molecular complexity index is 4390. The van der Waals surface area contributed by atoms with Crippen molar-refractivity contribution < 1.29 is 4.42 Å². The molecule has 3 aliphatic rings. The summed E-state index contributed by atoms with van der Waals surface area (Å²) in [6, 6.07) is 70.3. The maximum absolute atomic E-state index is 6.27. The van der Waals surface area contributed by atoms with Gasteiger partial charge >= 0.3 is 0 Å².